The van der Waals surface area contributed by atoms with Crippen molar-refractivity contribution in [2.24, 2.45) is 0 Å². The average molecular weight is 197 g/mol. The molecule has 62 valence electrons. The van der Waals surface area contributed by atoms with Gasteiger partial charge in [0.2, 0.25) is 0 Å². The highest BCUT2D eigenvalue weighted by molar-refractivity contribution is 7.99. The smallest absolute Gasteiger partial charge is 0.0777 e. The summed E-state index contributed by atoms with van der Waals surface area (Å²) in [4.78, 5) is 1.31. The molecule has 0 amide bonds. The minimum absolute atomic E-state index is 0.0520. The second-order valence-electron chi connectivity index (χ2n) is 2.68. The van der Waals surface area contributed by atoms with E-state index in [1.807, 2.05) is 17.8 Å². The van der Waals surface area contributed by atoms with Crippen LogP contribution in [-0.4, -0.2) is 5.75 Å². The van der Waals surface area contributed by atoms with Gasteiger partial charge in [0.25, 0.3) is 0 Å². The van der Waals surface area contributed by atoms with Gasteiger partial charge >= 0.3 is 0 Å². The van der Waals surface area contributed by atoms with E-state index in [1.54, 1.807) is 0 Å². The van der Waals surface area contributed by atoms with Crippen LogP contribution in [0.5, 0.6) is 0 Å². The fraction of sp³-hybridized carbons (Fsp3) is 0.200. The number of hydrogen-bond acceptors (Lipinski definition) is 1. The van der Waals surface area contributed by atoms with Crippen LogP contribution in [0, 0.1) is 0 Å². The van der Waals surface area contributed by atoms with E-state index < -0.39 is 0 Å². The lowest BCUT2D eigenvalue weighted by Gasteiger charge is -2.07. The molecule has 1 atom stereocenters. The third-order valence-corrected chi connectivity index (χ3v) is 3.28. The second-order valence-corrected chi connectivity index (χ2v) is 4.21. The first kappa shape index (κ1) is 8.21. The van der Waals surface area contributed by atoms with Gasteiger partial charge < -0.3 is 0 Å². The van der Waals surface area contributed by atoms with E-state index in [1.165, 1.54) is 10.5 Å². The second kappa shape index (κ2) is 3.55. The number of halogens is 1. The predicted molar refractivity (Wildman–Crippen MR) is 54.9 cm³/mol. The summed E-state index contributed by atoms with van der Waals surface area (Å²) in [6, 6.07) is 8.31. The molecule has 1 aromatic carbocycles. The molecule has 0 bridgehead atoms. The average Bonchev–Trinajstić information content (AvgIpc) is 2.29. The zero-order chi connectivity index (χ0) is 8.39. The molecule has 12 heavy (non-hydrogen) atoms. The van der Waals surface area contributed by atoms with Crippen molar-refractivity contribution in [3.8, 4) is 0 Å². The van der Waals surface area contributed by atoms with Crippen LogP contribution >= 0.6 is 23.4 Å². The molecule has 0 fully saturated rings. The molecule has 1 heterocycles. The standard InChI is InChI=1S/C10H9ClS/c11-9-5-3-7-12-10-6-2-1-4-8(9)10/h1-6,9H,7H2. The minimum Gasteiger partial charge on any atom is -0.122 e. The lowest BCUT2D eigenvalue weighted by molar-refractivity contribution is 1.14. The van der Waals surface area contributed by atoms with E-state index in [0.29, 0.717) is 0 Å². The Bertz CT molecular complexity index is 306. The Kier molecular flexibility index (Phi) is 2.43. The van der Waals surface area contributed by atoms with E-state index in [4.69, 9.17) is 11.6 Å². The quantitative estimate of drug-likeness (QED) is 0.451. The molecule has 0 aromatic heterocycles. The number of rotatable bonds is 0. The van der Waals surface area contributed by atoms with Crippen molar-refractivity contribution >= 4 is 23.4 Å². The first-order valence-electron chi connectivity index (χ1n) is 3.90. The molecule has 1 aliphatic heterocycles. The van der Waals surface area contributed by atoms with E-state index >= 15 is 0 Å². The Balaban J connectivity index is 2.46. The maximum Gasteiger partial charge on any atom is 0.0777 e. The third-order valence-electron chi connectivity index (χ3n) is 1.86. The minimum atomic E-state index is 0.0520. The fourth-order valence-corrected chi connectivity index (χ4v) is 2.54. The molecule has 1 aliphatic rings. The number of benzene rings is 1. The van der Waals surface area contributed by atoms with Crippen LogP contribution in [0.3, 0.4) is 0 Å². The summed E-state index contributed by atoms with van der Waals surface area (Å²) in [7, 11) is 0. The van der Waals surface area contributed by atoms with E-state index in [-0.39, 0.29) is 5.38 Å². The lowest BCUT2D eigenvalue weighted by Crippen LogP contribution is -1.86. The van der Waals surface area contributed by atoms with E-state index in [0.717, 1.165) is 5.75 Å². The highest BCUT2D eigenvalue weighted by atomic mass is 35.5. The summed E-state index contributed by atoms with van der Waals surface area (Å²) in [6.45, 7) is 0. The van der Waals surface area contributed by atoms with Crippen molar-refractivity contribution in [2.45, 2.75) is 10.3 Å². The molecule has 1 aromatic rings. The van der Waals surface area contributed by atoms with Crippen LogP contribution < -0.4 is 0 Å². The van der Waals surface area contributed by atoms with Gasteiger partial charge in [-0.15, -0.1) is 23.4 Å². The van der Waals surface area contributed by atoms with Gasteiger partial charge in [0.15, 0.2) is 0 Å². The highest BCUT2D eigenvalue weighted by Gasteiger charge is 2.11. The normalized spacial score (nSPS) is 21.6. The molecular formula is C10H9ClS. The molecular weight excluding hydrogens is 188 g/mol. The molecule has 0 spiro atoms. The van der Waals surface area contributed by atoms with Crippen molar-refractivity contribution in [2.75, 3.05) is 5.75 Å². The van der Waals surface area contributed by atoms with Gasteiger partial charge in [0, 0.05) is 10.6 Å². The predicted octanol–water partition coefficient (Wildman–Crippen LogP) is 3.63. The zero-order valence-electron chi connectivity index (χ0n) is 6.53. The number of allylic oxidation sites excluding steroid dienone is 1. The fourth-order valence-electron chi connectivity index (χ4n) is 1.26. The molecule has 0 aliphatic carbocycles. The van der Waals surface area contributed by atoms with Gasteiger partial charge in [-0.1, -0.05) is 30.4 Å². The number of hydrogen-bond donors (Lipinski definition) is 0. The molecule has 0 saturated heterocycles. The van der Waals surface area contributed by atoms with Crippen molar-refractivity contribution < 1.29 is 0 Å². The van der Waals surface area contributed by atoms with Crippen LogP contribution in [-0.2, 0) is 0 Å². The summed E-state index contributed by atoms with van der Waals surface area (Å²) in [6.07, 6.45) is 4.18. The Morgan fingerprint density at radius 1 is 1.33 bits per heavy atom. The SMILES string of the molecule is ClC1C=CCSc2ccccc21. The summed E-state index contributed by atoms with van der Waals surface area (Å²) in [5.41, 5.74) is 1.23. The van der Waals surface area contributed by atoms with Crippen molar-refractivity contribution in [3.05, 3.63) is 42.0 Å². The molecule has 0 radical (unpaired) electrons. The van der Waals surface area contributed by atoms with Crippen LogP contribution in [0.2, 0.25) is 0 Å². The molecule has 2 rings (SSSR count). The van der Waals surface area contributed by atoms with Crippen LogP contribution in [0.25, 0.3) is 0 Å². The van der Waals surface area contributed by atoms with Gasteiger partial charge in [0.05, 0.1) is 5.38 Å². The molecule has 2 heteroatoms. The largest absolute Gasteiger partial charge is 0.122 e. The number of thioether (sulfide) groups is 1. The van der Waals surface area contributed by atoms with Gasteiger partial charge in [-0.2, -0.15) is 0 Å². The Labute approximate surface area is 81.6 Å². The number of fused-ring (bicyclic) bond motifs is 1. The first-order valence-corrected chi connectivity index (χ1v) is 5.32. The number of alkyl halides is 1. The van der Waals surface area contributed by atoms with Crippen molar-refractivity contribution in [1.29, 1.82) is 0 Å². The topological polar surface area (TPSA) is 0 Å². The van der Waals surface area contributed by atoms with Crippen molar-refractivity contribution in [1.82, 2.24) is 0 Å². The van der Waals surface area contributed by atoms with Crippen LogP contribution in [0.1, 0.15) is 10.9 Å². The first-order chi connectivity index (χ1) is 5.88. The summed E-state index contributed by atoms with van der Waals surface area (Å²) < 4.78 is 0. The van der Waals surface area contributed by atoms with Crippen molar-refractivity contribution in [3.63, 3.8) is 0 Å². The van der Waals surface area contributed by atoms with E-state index in [2.05, 4.69) is 30.4 Å². The molecule has 0 saturated carbocycles. The van der Waals surface area contributed by atoms with E-state index in [9.17, 15) is 0 Å². The third kappa shape index (κ3) is 1.52. The monoisotopic (exact) mass is 196 g/mol. The summed E-state index contributed by atoms with van der Waals surface area (Å²) in [5.74, 6) is 1.03. The zero-order valence-corrected chi connectivity index (χ0v) is 8.11. The molecule has 0 nitrogen and oxygen atoms in total. The highest BCUT2D eigenvalue weighted by Crippen LogP contribution is 2.34. The lowest BCUT2D eigenvalue weighted by atomic mass is 10.1. The summed E-state index contributed by atoms with van der Waals surface area (Å²) in [5, 5.41) is 0.0520. The van der Waals surface area contributed by atoms with Crippen LogP contribution in [0.4, 0.5) is 0 Å². The molecule has 0 N–H and O–H groups in total. The van der Waals surface area contributed by atoms with Gasteiger partial charge in [0.1, 0.15) is 0 Å². The maximum absolute atomic E-state index is 6.15. The molecule has 1 unspecified atom stereocenters. The Hall–Kier alpha value is -0.400. The summed E-state index contributed by atoms with van der Waals surface area (Å²) >= 11 is 7.99. The van der Waals surface area contributed by atoms with Gasteiger partial charge in [-0.25, -0.2) is 0 Å². The van der Waals surface area contributed by atoms with Gasteiger partial charge in [-0.3, -0.25) is 0 Å². The maximum atomic E-state index is 6.15. The Morgan fingerprint density at radius 2 is 2.17 bits per heavy atom. The van der Waals surface area contributed by atoms with Crippen LogP contribution in [0.15, 0.2) is 41.3 Å². The Morgan fingerprint density at radius 3 is 3.08 bits per heavy atom. The van der Waals surface area contributed by atoms with Gasteiger partial charge in [-0.05, 0) is 11.6 Å².